The minimum absolute atomic E-state index is 0.112. The molecule has 4 heteroatoms. The van der Waals surface area contributed by atoms with Gasteiger partial charge in [0.05, 0.1) is 0 Å². The van der Waals surface area contributed by atoms with Gasteiger partial charge in [-0.05, 0) is 18.2 Å². The number of rotatable bonds is 1. The number of carbonyl (C=O) groups is 1. The number of benzene rings is 1. The molecule has 0 bridgehead atoms. The first-order chi connectivity index (χ1) is 8.75. The Morgan fingerprint density at radius 2 is 2.06 bits per heavy atom. The van der Waals surface area contributed by atoms with Gasteiger partial charge in [0.2, 0.25) is 0 Å². The third-order valence-electron chi connectivity index (χ3n) is 2.90. The average Bonchev–Trinajstić information content (AvgIpc) is 2.69. The molecule has 88 valence electrons. The van der Waals surface area contributed by atoms with Gasteiger partial charge < -0.3 is 11.1 Å². The average molecular weight is 237 g/mol. The van der Waals surface area contributed by atoms with E-state index < -0.39 is 0 Å². The van der Waals surface area contributed by atoms with E-state index in [1.807, 2.05) is 24.3 Å². The Hall–Kier alpha value is -2.62. The smallest absolute Gasteiger partial charge is 0.256 e. The number of para-hydroxylation sites is 1. The van der Waals surface area contributed by atoms with Crippen molar-refractivity contribution in [2.45, 2.75) is 0 Å². The zero-order valence-electron chi connectivity index (χ0n) is 9.55. The highest BCUT2D eigenvalue weighted by Gasteiger charge is 2.23. The fraction of sp³-hybridized carbons (Fsp3) is 0. The molecule has 0 spiro atoms. The number of pyridine rings is 1. The number of nitrogens with zero attached hydrogens (tertiary/aromatic N) is 1. The second-order valence-corrected chi connectivity index (χ2v) is 4.06. The van der Waals surface area contributed by atoms with Crippen LogP contribution in [-0.2, 0) is 4.79 Å². The van der Waals surface area contributed by atoms with E-state index in [4.69, 9.17) is 5.73 Å². The first kappa shape index (κ1) is 10.5. The van der Waals surface area contributed by atoms with Crippen molar-refractivity contribution in [3.8, 4) is 0 Å². The number of hydrogen-bond acceptors (Lipinski definition) is 3. The highest BCUT2D eigenvalue weighted by molar-refractivity contribution is 6.35. The zero-order valence-corrected chi connectivity index (χ0v) is 9.55. The van der Waals surface area contributed by atoms with E-state index in [1.165, 1.54) is 0 Å². The molecule has 0 atom stereocenters. The van der Waals surface area contributed by atoms with Gasteiger partial charge in [-0.25, -0.2) is 0 Å². The third-order valence-corrected chi connectivity index (χ3v) is 2.90. The van der Waals surface area contributed by atoms with Crippen LogP contribution < -0.4 is 11.1 Å². The molecule has 0 saturated heterocycles. The molecule has 3 rings (SSSR count). The molecule has 18 heavy (non-hydrogen) atoms. The van der Waals surface area contributed by atoms with Crippen LogP contribution in [0.4, 0.5) is 11.4 Å². The summed E-state index contributed by atoms with van der Waals surface area (Å²) in [6, 6.07) is 9.29. The third kappa shape index (κ3) is 1.64. The van der Waals surface area contributed by atoms with Gasteiger partial charge in [0, 0.05) is 40.5 Å². The summed E-state index contributed by atoms with van der Waals surface area (Å²) in [4.78, 5) is 15.9. The van der Waals surface area contributed by atoms with Crippen LogP contribution in [-0.4, -0.2) is 10.9 Å². The normalized spacial score (nSPS) is 15.6. The van der Waals surface area contributed by atoms with Gasteiger partial charge in [-0.1, -0.05) is 18.2 Å². The Kier molecular flexibility index (Phi) is 2.34. The molecule has 1 aliphatic rings. The predicted octanol–water partition coefficient (Wildman–Crippen LogP) is 2.16. The van der Waals surface area contributed by atoms with E-state index in [0.717, 1.165) is 16.8 Å². The maximum absolute atomic E-state index is 11.9. The maximum atomic E-state index is 11.9. The summed E-state index contributed by atoms with van der Waals surface area (Å²) >= 11 is 0. The summed E-state index contributed by atoms with van der Waals surface area (Å²) in [5.41, 5.74) is 9.54. The second-order valence-electron chi connectivity index (χ2n) is 4.06. The first-order valence-corrected chi connectivity index (χ1v) is 5.57. The first-order valence-electron chi connectivity index (χ1n) is 5.57. The lowest BCUT2D eigenvalue weighted by atomic mass is 10.0. The van der Waals surface area contributed by atoms with Crippen molar-refractivity contribution in [3.05, 3.63) is 53.9 Å². The van der Waals surface area contributed by atoms with E-state index in [0.29, 0.717) is 11.3 Å². The van der Waals surface area contributed by atoms with Gasteiger partial charge in [-0.2, -0.15) is 0 Å². The number of fused-ring (bicyclic) bond motifs is 1. The highest BCUT2D eigenvalue weighted by atomic mass is 16.2. The van der Waals surface area contributed by atoms with E-state index in [1.54, 1.807) is 24.5 Å². The molecule has 1 amide bonds. The highest BCUT2D eigenvalue weighted by Crippen LogP contribution is 2.33. The summed E-state index contributed by atoms with van der Waals surface area (Å²) in [7, 11) is 0. The number of carbonyl (C=O) groups excluding carboxylic acids is 1. The molecular weight excluding hydrogens is 226 g/mol. The SMILES string of the molecule is Nc1ccncc1/C=C1/C(=O)Nc2ccccc21. The Morgan fingerprint density at radius 1 is 1.22 bits per heavy atom. The molecule has 1 aromatic heterocycles. The van der Waals surface area contributed by atoms with Crippen LogP contribution in [0.15, 0.2) is 42.7 Å². The molecule has 0 saturated carbocycles. The van der Waals surface area contributed by atoms with Crippen molar-refractivity contribution in [1.82, 2.24) is 4.98 Å². The quantitative estimate of drug-likeness (QED) is 0.747. The molecule has 3 N–H and O–H groups in total. The maximum Gasteiger partial charge on any atom is 0.256 e. The van der Waals surface area contributed by atoms with Crippen LogP contribution in [0.1, 0.15) is 11.1 Å². The van der Waals surface area contributed by atoms with Gasteiger partial charge in [0.25, 0.3) is 5.91 Å². The molecule has 2 aromatic rings. The van der Waals surface area contributed by atoms with Crippen molar-refractivity contribution in [3.63, 3.8) is 0 Å². The van der Waals surface area contributed by atoms with Crippen LogP contribution in [0.5, 0.6) is 0 Å². The summed E-state index contributed by atoms with van der Waals surface area (Å²) in [6.07, 6.45) is 5.04. The molecule has 4 nitrogen and oxygen atoms in total. The molecule has 0 fully saturated rings. The van der Waals surface area contributed by atoms with E-state index in [9.17, 15) is 4.79 Å². The zero-order chi connectivity index (χ0) is 12.5. The number of nitrogens with two attached hydrogens (primary N) is 1. The van der Waals surface area contributed by atoms with Gasteiger partial charge in [-0.15, -0.1) is 0 Å². The monoisotopic (exact) mass is 237 g/mol. The van der Waals surface area contributed by atoms with Crippen LogP contribution in [0.3, 0.4) is 0 Å². The standard InChI is InChI=1S/C14H11N3O/c15-12-5-6-16-8-9(12)7-11-10-3-1-2-4-13(10)17-14(11)18/h1-8H,(H2,15,16)(H,17,18)/b11-7+. The number of aromatic nitrogens is 1. The number of hydrogen-bond donors (Lipinski definition) is 2. The molecule has 2 heterocycles. The van der Waals surface area contributed by atoms with Gasteiger partial charge in [0.1, 0.15) is 0 Å². The summed E-state index contributed by atoms with van der Waals surface area (Å²) < 4.78 is 0. The van der Waals surface area contributed by atoms with Crippen LogP contribution in [0.2, 0.25) is 0 Å². The second kappa shape index (κ2) is 4.00. The molecule has 1 aromatic carbocycles. The van der Waals surface area contributed by atoms with Gasteiger partial charge >= 0.3 is 0 Å². The molecule has 0 aliphatic carbocycles. The molecular formula is C14H11N3O. The van der Waals surface area contributed by atoms with Crippen molar-refractivity contribution in [1.29, 1.82) is 0 Å². The van der Waals surface area contributed by atoms with Crippen LogP contribution >= 0.6 is 0 Å². The lowest BCUT2D eigenvalue weighted by Crippen LogP contribution is -2.03. The Bertz CT molecular complexity index is 662. The van der Waals surface area contributed by atoms with E-state index in [-0.39, 0.29) is 5.91 Å². The minimum atomic E-state index is -0.112. The molecule has 0 radical (unpaired) electrons. The van der Waals surface area contributed by atoms with Crippen molar-refractivity contribution in [2.24, 2.45) is 0 Å². The van der Waals surface area contributed by atoms with Crippen molar-refractivity contribution in [2.75, 3.05) is 11.1 Å². The predicted molar refractivity (Wildman–Crippen MR) is 71.6 cm³/mol. The fourth-order valence-corrected chi connectivity index (χ4v) is 1.98. The van der Waals surface area contributed by atoms with Crippen LogP contribution in [0, 0.1) is 0 Å². The summed E-state index contributed by atoms with van der Waals surface area (Å²) in [6.45, 7) is 0. The lowest BCUT2D eigenvalue weighted by Gasteiger charge is -2.00. The summed E-state index contributed by atoms with van der Waals surface area (Å²) in [5, 5.41) is 2.82. The minimum Gasteiger partial charge on any atom is -0.398 e. The fourth-order valence-electron chi connectivity index (χ4n) is 1.98. The Morgan fingerprint density at radius 3 is 2.89 bits per heavy atom. The Labute approximate surface area is 104 Å². The largest absolute Gasteiger partial charge is 0.398 e. The van der Waals surface area contributed by atoms with Crippen molar-refractivity contribution >= 4 is 28.9 Å². The number of nitrogen functional groups attached to an aromatic ring is 1. The van der Waals surface area contributed by atoms with E-state index in [2.05, 4.69) is 10.3 Å². The Balaban J connectivity index is 2.13. The summed E-state index contributed by atoms with van der Waals surface area (Å²) in [5.74, 6) is -0.112. The molecule has 1 aliphatic heterocycles. The van der Waals surface area contributed by atoms with Gasteiger partial charge in [0.15, 0.2) is 0 Å². The number of amides is 1. The topological polar surface area (TPSA) is 68.0 Å². The van der Waals surface area contributed by atoms with Crippen molar-refractivity contribution < 1.29 is 4.79 Å². The lowest BCUT2D eigenvalue weighted by molar-refractivity contribution is -0.110. The van der Waals surface area contributed by atoms with Gasteiger partial charge in [-0.3, -0.25) is 9.78 Å². The number of anilines is 2. The van der Waals surface area contributed by atoms with E-state index >= 15 is 0 Å². The van der Waals surface area contributed by atoms with Crippen LogP contribution in [0.25, 0.3) is 11.6 Å². The number of nitrogens with one attached hydrogen (secondary N) is 1. The molecule has 0 unspecified atom stereocenters.